The molecule has 4 N–H and O–H groups in total. The first-order chi connectivity index (χ1) is 19.1. The molecular weight excluding hydrogens is 516 g/mol. The summed E-state index contributed by atoms with van der Waals surface area (Å²) in [5.74, 6) is -2.35. The Bertz CT molecular complexity index is 1400. The molecule has 2 aliphatic carbocycles. The first-order valence-corrected chi connectivity index (χ1v) is 13.8. The van der Waals surface area contributed by atoms with Gasteiger partial charge in [0.05, 0.1) is 42.1 Å². The molecule has 2 aliphatic heterocycles. The highest BCUT2D eigenvalue weighted by Gasteiger charge is 2.48. The number of rotatable bonds is 4. The minimum absolute atomic E-state index is 0.0102. The van der Waals surface area contributed by atoms with Gasteiger partial charge < -0.3 is 30.2 Å². The number of hydrogen-bond acceptors (Lipinski definition) is 10. The van der Waals surface area contributed by atoms with Crippen molar-refractivity contribution >= 4 is 17.3 Å². The smallest absolute Gasteiger partial charge is 0.198 e. The SMILES string of the molecule is CC(=O)[C@]1(N)Cc2c(O)c3c(c(O)c2[C@@H](O[C@H]2C[C@H](N4CCOCC4)C[C@H](C)O2)C1)C(=O)c1ccccc1C3=O. The highest BCUT2D eigenvalue weighted by Crippen LogP contribution is 2.51. The predicted octanol–water partition coefficient (Wildman–Crippen LogP) is 2.39. The van der Waals surface area contributed by atoms with Crippen molar-refractivity contribution in [3.63, 3.8) is 0 Å². The molecule has 2 saturated heterocycles. The standard InChI is InChI=1S/C30H34N2O8/c1-15-11-17(32-7-9-38-10-8-32)12-22(39-15)40-21-14-30(31,16(2)33)13-20-23(21)29(37)25-24(28(20)36)26(34)18-5-3-4-6-19(18)27(25)35/h3-6,15,17,21-22,36-37H,7-14,31H2,1-2H3/t15-,17+,21-,22-,30-/m0/s1. The van der Waals surface area contributed by atoms with Crippen LogP contribution in [0, 0.1) is 0 Å². The van der Waals surface area contributed by atoms with Crippen molar-refractivity contribution in [2.75, 3.05) is 26.3 Å². The van der Waals surface area contributed by atoms with Gasteiger partial charge in [-0.15, -0.1) is 0 Å². The Kier molecular flexibility index (Phi) is 6.79. The summed E-state index contributed by atoms with van der Waals surface area (Å²) in [5, 5.41) is 23.0. The molecule has 2 aromatic carbocycles. The quantitative estimate of drug-likeness (QED) is 0.414. The van der Waals surface area contributed by atoms with Crippen LogP contribution in [0.2, 0.25) is 0 Å². The molecule has 0 amide bonds. The van der Waals surface area contributed by atoms with E-state index in [1.165, 1.54) is 19.1 Å². The molecule has 2 fully saturated rings. The van der Waals surface area contributed by atoms with E-state index in [2.05, 4.69) is 4.90 Å². The van der Waals surface area contributed by atoms with E-state index in [4.69, 9.17) is 19.9 Å². The summed E-state index contributed by atoms with van der Waals surface area (Å²) in [6.07, 6.45) is -0.483. The number of nitrogens with zero attached hydrogens (tertiary/aromatic N) is 1. The number of Topliss-reactive ketones (excluding diaryl/α,β-unsaturated/α-hetero) is 1. The first kappa shape index (κ1) is 27.0. The van der Waals surface area contributed by atoms with Crippen LogP contribution < -0.4 is 5.73 Å². The molecule has 10 nitrogen and oxygen atoms in total. The summed E-state index contributed by atoms with van der Waals surface area (Å²) in [5.41, 5.74) is 5.23. The summed E-state index contributed by atoms with van der Waals surface area (Å²) in [6.45, 7) is 6.29. The zero-order valence-corrected chi connectivity index (χ0v) is 22.6. The number of nitrogens with two attached hydrogens (primary N) is 1. The van der Waals surface area contributed by atoms with Crippen molar-refractivity contribution in [2.45, 2.75) is 69.6 Å². The topological polar surface area (TPSA) is 149 Å². The van der Waals surface area contributed by atoms with E-state index in [0.717, 1.165) is 19.5 Å². The molecule has 4 aliphatic rings. The number of morpholine rings is 1. The van der Waals surface area contributed by atoms with E-state index in [0.29, 0.717) is 19.6 Å². The van der Waals surface area contributed by atoms with Crippen molar-refractivity contribution in [3.8, 4) is 11.5 Å². The molecule has 2 heterocycles. The maximum absolute atomic E-state index is 13.5. The molecule has 212 valence electrons. The van der Waals surface area contributed by atoms with Crippen molar-refractivity contribution < 1.29 is 38.8 Å². The normalized spacial score (nSPS) is 30.4. The largest absolute Gasteiger partial charge is 0.507 e. The third-order valence-corrected chi connectivity index (χ3v) is 8.86. The number of phenolic OH excluding ortho intramolecular Hbond substituents is 2. The fraction of sp³-hybridized carbons (Fsp3) is 0.500. The Labute approximate surface area is 232 Å². The number of hydrogen-bond donors (Lipinski definition) is 3. The minimum Gasteiger partial charge on any atom is -0.507 e. The van der Waals surface area contributed by atoms with Gasteiger partial charge in [0.25, 0.3) is 0 Å². The lowest BCUT2D eigenvalue weighted by atomic mass is 9.71. The first-order valence-electron chi connectivity index (χ1n) is 13.8. The van der Waals surface area contributed by atoms with Crippen molar-refractivity contribution in [2.24, 2.45) is 5.73 Å². The van der Waals surface area contributed by atoms with Crippen LogP contribution in [0.15, 0.2) is 24.3 Å². The minimum atomic E-state index is -1.42. The second kappa shape index (κ2) is 10.0. The van der Waals surface area contributed by atoms with Crippen molar-refractivity contribution in [1.29, 1.82) is 0 Å². The number of fused-ring (bicyclic) bond motifs is 3. The molecule has 0 radical (unpaired) electrons. The van der Waals surface area contributed by atoms with Gasteiger partial charge in [0.1, 0.15) is 17.3 Å². The summed E-state index contributed by atoms with van der Waals surface area (Å²) in [4.78, 5) is 42.1. The van der Waals surface area contributed by atoms with Crippen molar-refractivity contribution in [3.05, 3.63) is 57.6 Å². The maximum atomic E-state index is 13.5. The molecule has 0 saturated carbocycles. The van der Waals surface area contributed by atoms with E-state index in [9.17, 15) is 24.6 Å². The van der Waals surface area contributed by atoms with Crippen LogP contribution in [-0.2, 0) is 25.4 Å². The summed E-state index contributed by atoms with van der Waals surface area (Å²) in [7, 11) is 0. The van der Waals surface area contributed by atoms with Crippen LogP contribution in [0.5, 0.6) is 11.5 Å². The maximum Gasteiger partial charge on any atom is 0.198 e. The monoisotopic (exact) mass is 550 g/mol. The second-order valence-corrected chi connectivity index (χ2v) is 11.4. The van der Waals surface area contributed by atoms with E-state index < -0.39 is 41.0 Å². The van der Waals surface area contributed by atoms with Crippen LogP contribution in [0.1, 0.15) is 82.2 Å². The molecule has 40 heavy (non-hydrogen) atoms. The number of aromatic hydroxyl groups is 2. The number of carbonyl (C=O) groups is 3. The zero-order chi connectivity index (χ0) is 28.3. The average Bonchev–Trinajstić information content (AvgIpc) is 2.93. The van der Waals surface area contributed by atoms with Gasteiger partial charge in [-0.05, 0) is 20.3 Å². The molecule has 2 aromatic rings. The van der Waals surface area contributed by atoms with E-state index >= 15 is 0 Å². The molecular formula is C30H34N2O8. The highest BCUT2D eigenvalue weighted by molar-refractivity contribution is 6.30. The van der Waals surface area contributed by atoms with Crippen molar-refractivity contribution in [1.82, 2.24) is 4.90 Å². The van der Waals surface area contributed by atoms with E-state index in [-0.39, 0.29) is 64.2 Å². The second-order valence-electron chi connectivity index (χ2n) is 11.4. The number of ketones is 3. The Morgan fingerprint density at radius 1 is 1.05 bits per heavy atom. The fourth-order valence-corrected chi connectivity index (χ4v) is 6.70. The number of benzene rings is 2. The van der Waals surface area contributed by atoms with Gasteiger partial charge in [-0.25, -0.2) is 0 Å². The van der Waals surface area contributed by atoms with Crippen LogP contribution in [-0.4, -0.2) is 82.7 Å². The number of phenols is 2. The molecule has 0 unspecified atom stereocenters. The van der Waals surface area contributed by atoms with Gasteiger partial charge in [0.15, 0.2) is 17.9 Å². The number of carbonyl (C=O) groups excluding carboxylic acids is 3. The van der Waals surface area contributed by atoms with Crippen LogP contribution >= 0.6 is 0 Å². The summed E-state index contributed by atoms with van der Waals surface area (Å²) in [6, 6.07) is 6.49. The van der Waals surface area contributed by atoms with Gasteiger partial charge in [-0.2, -0.15) is 0 Å². The van der Waals surface area contributed by atoms with Crippen LogP contribution in [0.4, 0.5) is 0 Å². The lowest BCUT2D eigenvalue weighted by Gasteiger charge is -2.44. The van der Waals surface area contributed by atoms with Crippen LogP contribution in [0.3, 0.4) is 0 Å². The lowest BCUT2D eigenvalue weighted by molar-refractivity contribution is -0.231. The molecule has 10 heteroatoms. The van der Waals surface area contributed by atoms with E-state index in [1.54, 1.807) is 12.1 Å². The predicted molar refractivity (Wildman–Crippen MR) is 143 cm³/mol. The molecule has 5 atom stereocenters. The molecule has 6 rings (SSSR count). The third kappa shape index (κ3) is 4.35. The van der Waals surface area contributed by atoms with Gasteiger partial charge in [-0.3, -0.25) is 19.3 Å². The van der Waals surface area contributed by atoms with Gasteiger partial charge in [0, 0.05) is 60.6 Å². The summed E-state index contributed by atoms with van der Waals surface area (Å²) >= 11 is 0. The third-order valence-electron chi connectivity index (χ3n) is 8.86. The van der Waals surface area contributed by atoms with E-state index in [1.807, 2.05) is 6.92 Å². The Morgan fingerprint density at radius 2 is 1.68 bits per heavy atom. The Balaban J connectivity index is 1.42. The van der Waals surface area contributed by atoms with Gasteiger partial charge >= 0.3 is 0 Å². The Hall–Kier alpha value is -3.15. The van der Waals surface area contributed by atoms with Crippen LogP contribution in [0.25, 0.3) is 0 Å². The molecule has 0 bridgehead atoms. The zero-order valence-electron chi connectivity index (χ0n) is 22.6. The fourth-order valence-electron chi connectivity index (χ4n) is 6.70. The average molecular weight is 551 g/mol. The lowest BCUT2D eigenvalue weighted by Crippen LogP contribution is -2.53. The van der Waals surface area contributed by atoms with Gasteiger partial charge in [-0.1, -0.05) is 24.3 Å². The summed E-state index contributed by atoms with van der Waals surface area (Å²) < 4.78 is 18.1. The van der Waals surface area contributed by atoms with Gasteiger partial charge in [0.2, 0.25) is 0 Å². The number of ether oxygens (including phenoxy) is 3. The Morgan fingerprint density at radius 3 is 2.30 bits per heavy atom. The highest BCUT2D eigenvalue weighted by atomic mass is 16.7. The molecule has 0 spiro atoms. The molecule has 0 aromatic heterocycles.